The molecule has 1 nitrogen and oxygen atoms in total. The molecule has 1 atom stereocenters. The summed E-state index contributed by atoms with van der Waals surface area (Å²) in [6, 6.07) is 6.48. The van der Waals surface area contributed by atoms with Gasteiger partial charge in [0.15, 0.2) is 0 Å². The van der Waals surface area contributed by atoms with Crippen LogP contribution in [-0.2, 0) is 13.9 Å². The van der Waals surface area contributed by atoms with Crippen molar-refractivity contribution in [3.8, 4) is 0 Å². The SMILES string of the molecule is CC1(C)OC(I)(C(F)(F)F)c2ccccc21. The van der Waals surface area contributed by atoms with Crippen molar-refractivity contribution in [2.24, 2.45) is 0 Å². The topological polar surface area (TPSA) is 9.23 Å². The predicted molar refractivity (Wildman–Crippen MR) is 62.3 cm³/mol. The number of hydrogen-bond donors (Lipinski definition) is 0. The van der Waals surface area contributed by atoms with E-state index < -0.39 is 15.4 Å². The summed E-state index contributed by atoms with van der Waals surface area (Å²) < 4.78 is 42.1. The maximum atomic E-state index is 13.0. The second-order valence-electron chi connectivity index (χ2n) is 4.25. The molecule has 5 heteroatoms. The molecule has 0 radical (unpaired) electrons. The van der Waals surface area contributed by atoms with E-state index in [4.69, 9.17) is 4.74 Å². The van der Waals surface area contributed by atoms with Gasteiger partial charge in [-0.2, -0.15) is 13.2 Å². The Balaban J connectivity index is 2.65. The van der Waals surface area contributed by atoms with Crippen LogP contribution in [0.1, 0.15) is 25.0 Å². The maximum absolute atomic E-state index is 13.0. The van der Waals surface area contributed by atoms with Crippen LogP contribution < -0.4 is 0 Å². The minimum atomic E-state index is -4.42. The minimum absolute atomic E-state index is 0.202. The molecule has 1 heterocycles. The van der Waals surface area contributed by atoms with E-state index >= 15 is 0 Å². The van der Waals surface area contributed by atoms with E-state index in [1.807, 2.05) is 0 Å². The first-order chi connectivity index (χ1) is 7.18. The van der Waals surface area contributed by atoms with Crippen LogP contribution in [0.5, 0.6) is 0 Å². The summed E-state index contributed by atoms with van der Waals surface area (Å²) in [7, 11) is 0. The van der Waals surface area contributed by atoms with Gasteiger partial charge in [-0.1, -0.05) is 24.3 Å². The summed E-state index contributed by atoms with van der Waals surface area (Å²) in [5.41, 5.74) is -0.109. The van der Waals surface area contributed by atoms with Gasteiger partial charge in [0.05, 0.1) is 5.60 Å². The largest absolute Gasteiger partial charge is 0.431 e. The molecule has 0 amide bonds. The van der Waals surface area contributed by atoms with Gasteiger partial charge in [-0.3, -0.25) is 0 Å². The quantitative estimate of drug-likeness (QED) is 0.510. The smallest absolute Gasteiger partial charge is 0.341 e. The van der Waals surface area contributed by atoms with Gasteiger partial charge in [-0.05, 0) is 42.0 Å². The summed E-state index contributed by atoms with van der Waals surface area (Å²) in [6.45, 7) is 3.30. The van der Waals surface area contributed by atoms with Gasteiger partial charge in [-0.15, -0.1) is 0 Å². The average molecular weight is 342 g/mol. The zero-order valence-electron chi connectivity index (χ0n) is 8.73. The van der Waals surface area contributed by atoms with E-state index in [-0.39, 0.29) is 5.56 Å². The molecule has 1 aromatic carbocycles. The van der Waals surface area contributed by atoms with Crippen molar-refractivity contribution in [2.45, 2.75) is 29.2 Å². The van der Waals surface area contributed by atoms with Crippen LogP contribution in [0, 0.1) is 0 Å². The van der Waals surface area contributed by atoms with E-state index in [1.54, 1.807) is 32.0 Å². The monoisotopic (exact) mass is 342 g/mol. The molecule has 0 aromatic heterocycles. The molecule has 1 aliphatic heterocycles. The lowest BCUT2D eigenvalue weighted by Crippen LogP contribution is -2.38. The fourth-order valence-corrected chi connectivity index (χ4v) is 2.98. The van der Waals surface area contributed by atoms with Crippen molar-refractivity contribution in [3.63, 3.8) is 0 Å². The van der Waals surface area contributed by atoms with Crippen LogP contribution in [0.3, 0.4) is 0 Å². The molecule has 0 saturated carbocycles. The van der Waals surface area contributed by atoms with Crippen molar-refractivity contribution < 1.29 is 17.9 Å². The second-order valence-corrected chi connectivity index (χ2v) is 5.77. The first kappa shape index (κ1) is 12.2. The van der Waals surface area contributed by atoms with Crippen molar-refractivity contribution in [3.05, 3.63) is 35.4 Å². The molecule has 0 fully saturated rings. The molecular formula is C11H10F3IO. The Morgan fingerprint density at radius 3 is 2.12 bits per heavy atom. The molecule has 16 heavy (non-hydrogen) atoms. The number of benzene rings is 1. The molecule has 0 spiro atoms. The lowest BCUT2D eigenvalue weighted by Gasteiger charge is -2.29. The normalized spacial score (nSPS) is 27.9. The Hall–Kier alpha value is -0.300. The molecule has 2 rings (SSSR count). The van der Waals surface area contributed by atoms with Gasteiger partial charge in [0.2, 0.25) is 3.61 Å². The first-order valence-corrected chi connectivity index (χ1v) is 5.82. The number of halogens is 4. The first-order valence-electron chi connectivity index (χ1n) is 4.74. The van der Waals surface area contributed by atoms with Crippen molar-refractivity contribution in [1.29, 1.82) is 0 Å². The van der Waals surface area contributed by atoms with Crippen LogP contribution in [0.25, 0.3) is 0 Å². The van der Waals surface area contributed by atoms with Crippen LogP contribution in [-0.4, -0.2) is 6.18 Å². The molecule has 0 saturated heterocycles. The highest BCUT2D eigenvalue weighted by Crippen LogP contribution is 2.58. The van der Waals surface area contributed by atoms with Crippen LogP contribution in [0.4, 0.5) is 13.2 Å². The van der Waals surface area contributed by atoms with E-state index in [2.05, 4.69) is 0 Å². The third-order valence-corrected chi connectivity index (χ3v) is 4.10. The van der Waals surface area contributed by atoms with E-state index in [0.717, 1.165) is 0 Å². The summed E-state index contributed by atoms with van der Waals surface area (Å²) in [5, 5.41) is 0. The predicted octanol–water partition coefficient (Wildman–Crippen LogP) is 4.10. The maximum Gasteiger partial charge on any atom is 0.431 e. The Morgan fingerprint density at radius 1 is 1.12 bits per heavy atom. The highest BCUT2D eigenvalue weighted by molar-refractivity contribution is 14.1. The molecule has 1 unspecified atom stereocenters. The fraction of sp³-hybridized carbons (Fsp3) is 0.455. The number of alkyl halides is 4. The van der Waals surface area contributed by atoms with Gasteiger partial charge in [0, 0.05) is 5.56 Å². The molecule has 1 aliphatic rings. The summed E-state index contributed by atoms with van der Waals surface area (Å²) >= 11 is 1.34. The van der Waals surface area contributed by atoms with Crippen molar-refractivity contribution in [2.75, 3.05) is 0 Å². The Morgan fingerprint density at radius 2 is 1.62 bits per heavy atom. The summed E-state index contributed by atoms with van der Waals surface area (Å²) in [6.07, 6.45) is -4.42. The lowest BCUT2D eigenvalue weighted by atomic mass is 9.95. The van der Waals surface area contributed by atoms with Crippen LogP contribution >= 0.6 is 22.6 Å². The Kier molecular flexibility index (Phi) is 2.55. The third-order valence-electron chi connectivity index (χ3n) is 2.68. The van der Waals surface area contributed by atoms with Gasteiger partial charge >= 0.3 is 6.18 Å². The van der Waals surface area contributed by atoms with Crippen LogP contribution in [0.2, 0.25) is 0 Å². The molecule has 1 aromatic rings. The molecule has 0 N–H and O–H groups in total. The Labute approximate surface area is 105 Å². The van der Waals surface area contributed by atoms with Gasteiger partial charge in [0.25, 0.3) is 0 Å². The second kappa shape index (κ2) is 3.35. The average Bonchev–Trinajstić information content (AvgIpc) is 2.36. The lowest BCUT2D eigenvalue weighted by molar-refractivity contribution is -0.252. The minimum Gasteiger partial charge on any atom is -0.341 e. The van der Waals surface area contributed by atoms with E-state index in [1.165, 1.54) is 28.7 Å². The molecule has 88 valence electrons. The Bertz CT molecular complexity index is 427. The van der Waals surface area contributed by atoms with Gasteiger partial charge in [-0.25, -0.2) is 0 Å². The molecular weight excluding hydrogens is 332 g/mol. The molecule has 0 aliphatic carbocycles. The van der Waals surface area contributed by atoms with Gasteiger partial charge in [0.1, 0.15) is 0 Å². The number of ether oxygens (including phenoxy) is 1. The fourth-order valence-electron chi connectivity index (χ4n) is 1.96. The number of fused-ring (bicyclic) bond motifs is 1. The number of rotatable bonds is 0. The summed E-state index contributed by atoms with van der Waals surface area (Å²) in [4.78, 5) is 0. The van der Waals surface area contributed by atoms with Gasteiger partial charge < -0.3 is 4.74 Å². The highest BCUT2D eigenvalue weighted by Gasteiger charge is 2.63. The zero-order chi connectivity index (χ0) is 12.2. The number of hydrogen-bond acceptors (Lipinski definition) is 1. The van der Waals surface area contributed by atoms with Crippen molar-refractivity contribution >= 4 is 22.6 Å². The summed E-state index contributed by atoms with van der Waals surface area (Å²) in [5.74, 6) is 0. The zero-order valence-corrected chi connectivity index (χ0v) is 10.9. The highest BCUT2D eigenvalue weighted by atomic mass is 127. The standard InChI is InChI=1S/C11H10F3IO/c1-9(2)7-5-3-4-6-8(7)10(15,16-9)11(12,13)14/h3-6H,1-2H3. The molecule has 0 bridgehead atoms. The third kappa shape index (κ3) is 1.55. The van der Waals surface area contributed by atoms with E-state index in [9.17, 15) is 13.2 Å². The van der Waals surface area contributed by atoms with Crippen molar-refractivity contribution in [1.82, 2.24) is 0 Å². The van der Waals surface area contributed by atoms with E-state index in [0.29, 0.717) is 5.56 Å². The van der Waals surface area contributed by atoms with Crippen LogP contribution in [0.15, 0.2) is 24.3 Å².